The standard InChI is InChI=1S/C15H19BrN2O2/c16-12-3-1-11-8-13(4-2-10(11)7-12)18-6-5-17-9-14(18)15(19)20/h1,3,7,13-14,17H,2,4-6,8-9H2,(H,19,20). The molecule has 1 heterocycles. The molecule has 0 radical (unpaired) electrons. The molecule has 1 fully saturated rings. The van der Waals surface area contributed by atoms with E-state index >= 15 is 0 Å². The molecule has 4 nitrogen and oxygen atoms in total. The van der Waals surface area contributed by atoms with Gasteiger partial charge in [0.25, 0.3) is 0 Å². The molecule has 1 aromatic carbocycles. The van der Waals surface area contributed by atoms with Crippen LogP contribution in [-0.4, -0.2) is 47.7 Å². The van der Waals surface area contributed by atoms with Crippen molar-refractivity contribution in [2.45, 2.75) is 31.3 Å². The van der Waals surface area contributed by atoms with Gasteiger partial charge in [-0.25, -0.2) is 0 Å². The molecule has 108 valence electrons. The van der Waals surface area contributed by atoms with Crippen molar-refractivity contribution in [1.29, 1.82) is 0 Å². The molecule has 2 N–H and O–H groups in total. The lowest BCUT2D eigenvalue weighted by atomic mass is 9.86. The Hall–Kier alpha value is -0.910. The number of nitrogens with zero attached hydrogens (tertiary/aromatic N) is 1. The topological polar surface area (TPSA) is 52.6 Å². The number of carboxylic acids is 1. The summed E-state index contributed by atoms with van der Waals surface area (Å²) < 4.78 is 1.13. The minimum absolute atomic E-state index is 0.354. The maximum Gasteiger partial charge on any atom is 0.322 e. The molecular formula is C15H19BrN2O2. The van der Waals surface area contributed by atoms with E-state index in [0.29, 0.717) is 12.6 Å². The quantitative estimate of drug-likeness (QED) is 0.861. The normalized spacial score (nSPS) is 27.1. The lowest BCUT2D eigenvalue weighted by molar-refractivity contribution is -0.145. The van der Waals surface area contributed by atoms with E-state index in [4.69, 9.17) is 0 Å². The van der Waals surface area contributed by atoms with Crippen molar-refractivity contribution in [3.8, 4) is 0 Å². The molecule has 5 heteroatoms. The minimum atomic E-state index is -0.709. The SMILES string of the molecule is O=C(O)C1CNCCN1C1CCc2cc(Br)ccc2C1. The van der Waals surface area contributed by atoms with E-state index in [9.17, 15) is 9.90 Å². The summed E-state index contributed by atoms with van der Waals surface area (Å²) in [6.45, 7) is 2.26. The van der Waals surface area contributed by atoms with Crippen LogP contribution in [0, 0.1) is 0 Å². The molecule has 1 aliphatic carbocycles. The Balaban J connectivity index is 1.78. The van der Waals surface area contributed by atoms with Crippen molar-refractivity contribution in [1.82, 2.24) is 10.2 Å². The number of aliphatic carboxylic acids is 1. The second kappa shape index (κ2) is 5.84. The first-order valence-electron chi connectivity index (χ1n) is 7.12. The summed E-state index contributed by atoms with van der Waals surface area (Å²) in [7, 11) is 0. The number of halogens is 1. The number of aryl methyl sites for hydroxylation is 1. The van der Waals surface area contributed by atoms with Crippen molar-refractivity contribution in [3.05, 3.63) is 33.8 Å². The zero-order valence-electron chi connectivity index (χ0n) is 11.3. The fraction of sp³-hybridized carbons (Fsp3) is 0.533. The number of hydrogen-bond acceptors (Lipinski definition) is 3. The molecule has 20 heavy (non-hydrogen) atoms. The second-order valence-electron chi connectivity index (χ2n) is 5.61. The van der Waals surface area contributed by atoms with E-state index in [1.807, 2.05) is 0 Å². The molecule has 0 bridgehead atoms. The molecule has 0 amide bonds. The van der Waals surface area contributed by atoms with Gasteiger partial charge in [0.05, 0.1) is 0 Å². The Labute approximate surface area is 127 Å². The highest BCUT2D eigenvalue weighted by Crippen LogP contribution is 2.28. The van der Waals surface area contributed by atoms with Crippen LogP contribution in [0.25, 0.3) is 0 Å². The average Bonchev–Trinajstić information content (AvgIpc) is 2.46. The number of piperazine rings is 1. The first-order valence-corrected chi connectivity index (χ1v) is 7.91. The molecule has 1 aliphatic heterocycles. The van der Waals surface area contributed by atoms with Crippen molar-refractivity contribution in [2.75, 3.05) is 19.6 Å². The van der Waals surface area contributed by atoms with E-state index in [2.05, 4.69) is 44.3 Å². The number of fused-ring (bicyclic) bond motifs is 1. The van der Waals surface area contributed by atoms with Gasteiger partial charge in [-0.3, -0.25) is 9.69 Å². The number of benzene rings is 1. The molecule has 2 atom stereocenters. The molecule has 2 aliphatic rings. The molecule has 0 aromatic heterocycles. The van der Waals surface area contributed by atoms with E-state index in [-0.39, 0.29) is 6.04 Å². The summed E-state index contributed by atoms with van der Waals surface area (Å²) >= 11 is 3.51. The first-order chi connectivity index (χ1) is 9.65. The lowest BCUT2D eigenvalue weighted by Gasteiger charge is -2.41. The van der Waals surface area contributed by atoms with Crippen molar-refractivity contribution >= 4 is 21.9 Å². The molecule has 1 saturated heterocycles. The van der Waals surface area contributed by atoms with Gasteiger partial charge in [-0.05, 0) is 42.5 Å². The van der Waals surface area contributed by atoms with Crippen LogP contribution in [0.15, 0.2) is 22.7 Å². The van der Waals surface area contributed by atoms with Crippen molar-refractivity contribution in [3.63, 3.8) is 0 Å². The molecular weight excluding hydrogens is 320 g/mol. The van der Waals surface area contributed by atoms with Crippen LogP contribution in [0.2, 0.25) is 0 Å². The Morgan fingerprint density at radius 3 is 3.05 bits per heavy atom. The first kappa shape index (κ1) is 14.0. The molecule has 0 spiro atoms. The zero-order chi connectivity index (χ0) is 14.1. The summed E-state index contributed by atoms with van der Waals surface area (Å²) in [5, 5.41) is 12.6. The summed E-state index contributed by atoms with van der Waals surface area (Å²) in [5.74, 6) is -0.709. The number of rotatable bonds is 2. The summed E-state index contributed by atoms with van der Waals surface area (Å²) in [6, 6.07) is 6.41. The predicted molar refractivity (Wildman–Crippen MR) is 81.0 cm³/mol. The predicted octanol–water partition coefficient (Wildman–Crippen LogP) is 1.66. The van der Waals surface area contributed by atoms with Gasteiger partial charge in [-0.1, -0.05) is 22.0 Å². The Morgan fingerprint density at radius 2 is 2.25 bits per heavy atom. The largest absolute Gasteiger partial charge is 0.480 e. The lowest BCUT2D eigenvalue weighted by Crippen LogP contribution is -2.59. The van der Waals surface area contributed by atoms with Gasteiger partial charge in [-0.15, -0.1) is 0 Å². The highest BCUT2D eigenvalue weighted by atomic mass is 79.9. The fourth-order valence-electron chi connectivity index (χ4n) is 3.37. The average molecular weight is 339 g/mol. The van der Waals surface area contributed by atoms with Crippen LogP contribution >= 0.6 is 15.9 Å². The Bertz CT molecular complexity index is 521. The maximum absolute atomic E-state index is 11.4. The maximum atomic E-state index is 11.4. The van der Waals surface area contributed by atoms with Gasteiger partial charge >= 0.3 is 5.97 Å². The van der Waals surface area contributed by atoms with Crippen LogP contribution in [0.3, 0.4) is 0 Å². The van der Waals surface area contributed by atoms with Crippen LogP contribution < -0.4 is 5.32 Å². The number of hydrogen-bond donors (Lipinski definition) is 2. The zero-order valence-corrected chi connectivity index (χ0v) is 12.9. The minimum Gasteiger partial charge on any atom is -0.480 e. The molecule has 3 rings (SSSR count). The second-order valence-corrected chi connectivity index (χ2v) is 6.52. The van der Waals surface area contributed by atoms with Gasteiger partial charge in [0.15, 0.2) is 0 Å². The van der Waals surface area contributed by atoms with E-state index in [1.165, 1.54) is 11.1 Å². The molecule has 2 unspecified atom stereocenters. The molecule has 1 aromatic rings. The van der Waals surface area contributed by atoms with E-state index < -0.39 is 5.97 Å². The Morgan fingerprint density at radius 1 is 1.40 bits per heavy atom. The number of carbonyl (C=O) groups is 1. The third-order valence-electron chi connectivity index (χ3n) is 4.41. The summed E-state index contributed by atoms with van der Waals surface area (Å²) in [5.41, 5.74) is 2.77. The molecule has 0 saturated carbocycles. The monoisotopic (exact) mass is 338 g/mol. The van der Waals surface area contributed by atoms with Crippen LogP contribution in [-0.2, 0) is 17.6 Å². The smallest absolute Gasteiger partial charge is 0.322 e. The van der Waals surface area contributed by atoms with Gasteiger partial charge in [0.2, 0.25) is 0 Å². The van der Waals surface area contributed by atoms with Crippen LogP contribution in [0.4, 0.5) is 0 Å². The van der Waals surface area contributed by atoms with E-state index in [1.54, 1.807) is 0 Å². The van der Waals surface area contributed by atoms with Gasteiger partial charge in [-0.2, -0.15) is 0 Å². The van der Waals surface area contributed by atoms with Crippen molar-refractivity contribution in [2.24, 2.45) is 0 Å². The van der Waals surface area contributed by atoms with Gasteiger partial charge in [0.1, 0.15) is 6.04 Å². The highest BCUT2D eigenvalue weighted by molar-refractivity contribution is 9.10. The fourth-order valence-corrected chi connectivity index (χ4v) is 3.78. The Kier molecular flexibility index (Phi) is 4.10. The summed E-state index contributed by atoms with van der Waals surface area (Å²) in [6.07, 6.45) is 3.05. The van der Waals surface area contributed by atoms with Gasteiger partial charge in [0, 0.05) is 30.1 Å². The third kappa shape index (κ3) is 2.75. The van der Waals surface area contributed by atoms with Crippen molar-refractivity contribution < 1.29 is 9.90 Å². The number of nitrogens with one attached hydrogen (secondary N) is 1. The van der Waals surface area contributed by atoms with Crippen LogP contribution in [0.1, 0.15) is 17.5 Å². The summed E-state index contributed by atoms with van der Waals surface area (Å²) in [4.78, 5) is 13.6. The highest BCUT2D eigenvalue weighted by Gasteiger charge is 2.34. The van der Waals surface area contributed by atoms with Crippen LogP contribution in [0.5, 0.6) is 0 Å². The van der Waals surface area contributed by atoms with E-state index in [0.717, 1.165) is 36.8 Å². The number of carboxylic acid groups (broad SMARTS) is 1. The third-order valence-corrected chi connectivity index (χ3v) is 4.90. The van der Waals surface area contributed by atoms with Gasteiger partial charge < -0.3 is 10.4 Å².